The van der Waals surface area contributed by atoms with E-state index in [1.54, 1.807) is 11.8 Å². The van der Waals surface area contributed by atoms with Gasteiger partial charge in [-0.25, -0.2) is 55.3 Å². The topological polar surface area (TPSA) is 757 Å². The molecule has 7 aliphatic heterocycles. The van der Waals surface area contributed by atoms with E-state index in [9.17, 15) is 122 Å². The quantitative estimate of drug-likeness (QED) is 0.0109. The van der Waals surface area contributed by atoms with Gasteiger partial charge in [0, 0.05) is 73.0 Å². The maximum absolute atomic E-state index is 13.6. The summed E-state index contributed by atoms with van der Waals surface area (Å²) in [7, 11) is -31.5. The van der Waals surface area contributed by atoms with Gasteiger partial charge in [0.05, 0.1) is 43.8 Å². The number of thioether (sulfide) groups is 1. The van der Waals surface area contributed by atoms with Gasteiger partial charge >= 0.3 is 242 Å². The molecule has 0 aromatic heterocycles. The SMILES string of the molecule is CO[C@H]1O[C@H](COS(=O)(=O)[O-])[C@@H](O[C@H]2O[C@H](C(=O)[O-])[C@@H](O[C@H]3O[C@H](COS(=O)(=O)[O-])[C@@H](O[C@@H]4O[C@H](C(=O)[O-])[C@@H](O[C@@H]5O[C@H](COS(=O)(=O)[O-])[C@@H](O)[C@H](O)[C@H]5NC(=O)CCCCCNC(=O)CCCCC5SCC6NC(=O)NC65)[C@H](OC)[C@H]4OC)[C@H](OS(=O)(=O)[O-])[C@H]3OS(=O)(=O)[O-])[C@H](OC)[C@H]2OC)[C@H](OC)[C@H]1OS(=O)(=O)[O-].[Na+].[Na+].[Na+].[Na+].[Na+].[Na+].[Na+].[Na+]. The number of methoxy groups -OCH3 is 6. The molecule has 0 aromatic carbocycles. The smallest absolute Gasteiger partial charge is 0.726 e. The first-order chi connectivity index (χ1) is 51.7. The zero-order valence-electron chi connectivity index (χ0n) is 66.4. The number of aliphatic carboxylic acids is 2. The standard InChI is InChI=1S/C52H86N4O48S7.8Na/c1-84-33-31(22(17-91-107(69,70)71)94-48(89-6)43(33)103-110(78,79)80)96-49-42(88-5)35(86-3)37(40(101-49)46(63)64)99-51-44(104-111(81,82)83)38(102-109(75,76)77)32(23(95-51)18-92-108(72,73)74)97-50-41(87-4)34(85-2)36(39(100-50)45(61)62)98-47-28(30(60)29(59)21(93-47)16-90-106(66,67)68)55-26(58)14-8-7-11-15-53-25(57)13-10-9-12-24-27-20(19-105-24)54-52(65)56-27;;;;;;;;/h20-24,27-44,47-51,59-60H,7-19H2,1-6H3,(H,53,57)(H,55,58)(H,61,62)(H,63,64)(H2,54,56,65)(H,66,67,68)(H,69,70,71)(H,72,73,74)(H,75,76,77)(H,78,79,80)(H,81,82,83);;;;;;;;/q;8*+1/p-8/t20?,21-,22-,23-,24?,27?,28-,29-,30-,31-,32-,33+,34+,35+,36+,37+,38+,39+,40+,41-,42-,43-,44-,47+,48+,49+,50-,51-;;;;;;;;/m1......../s1. The van der Waals surface area contributed by atoms with E-state index in [1.165, 1.54) is 0 Å². The monoisotopic (exact) mass is 1930 g/mol. The summed E-state index contributed by atoms with van der Waals surface area (Å²) in [6.45, 7) is -4.52. The van der Waals surface area contributed by atoms with Crippen LogP contribution in [0.3, 0.4) is 0 Å². The zero-order chi connectivity index (χ0) is 82.6. The van der Waals surface area contributed by atoms with E-state index in [-0.39, 0.29) is 298 Å². The number of aliphatic hydroxyl groups is 2. The second-order valence-corrected chi connectivity index (χ2v) is 32.3. The third-order valence-electron chi connectivity index (χ3n) is 17.7. The zero-order valence-corrected chi connectivity index (χ0v) is 88.1. The number of amides is 4. The molecule has 7 rings (SSSR count). The van der Waals surface area contributed by atoms with Gasteiger partial charge in [0.1, 0.15) is 110 Å². The summed E-state index contributed by atoms with van der Waals surface area (Å²) in [5, 5.41) is 60.3. The second-order valence-electron chi connectivity index (χ2n) is 24.8. The molecule has 4 amide bonds. The molecule has 7 saturated heterocycles. The van der Waals surface area contributed by atoms with E-state index in [1.807, 2.05) is 0 Å². The molecule has 52 nitrogen and oxygen atoms in total. The molecule has 0 bridgehead atoms. The minimum Gasteiger partial charge on any atom is -0.726 e. The van der Waals surface area contributed by atoms with Crippen LogP contribution in [0.15, 0.2) is 0 Å². The number of unbranched alkanes of at least 4 members (excludes halogenated alkanes) is 3. The van der Waals surface area contributed by atoms with Gasteiger partial charge in [-0.3, -0.25) is 34.7 Å². The van der Waals surface area contributed by atoms with E-state index in [4.69, 9.17) is 71.1 Å². The van der Waals surface area contributed by atoms with Crippen molar-refractivity contribution >= 4 is 104 Å². The van der Waals surface area contributed by atoms with Gasteiger partial charge in [0.25, 0.3) is 0 Å². The first kappa shape index (κ1) is 125. The Hall–Kier alpha value is 4.04. The number of hydrogen-bond donors (Lipinski definition) is 6. The van der Waals surface area contributed by atoms with Crippen LogP contribution in [0.4, 0.5) is 4.79 Å². The summed E-state index contributed by atoms with van der Waals surface area (Å²) in [6.07, 6.45) is -57.4. The fourth-order valence-corrected chi connectivity index (χ4v) is 16.9. The van der Waals surface area contributed by atoms with Gasteiger partial charge in [0.2, 0.25) is 74.2 Å². The number of aliphatic hydroxyl groups excluding tert-OH is 2. The summed E-state index contributed by atoms with van der Waals surface area (Å²) >= 11 is 1.73. The van der Waals surface area contributed by atoms with Crippen molar-refractivity contribution in [2.75, 3.05) is 74.8 Å². The van der Waals surface area contributed by atoms with E-state index in [0.717, 1.165) is 61.3 Å². The van der Waals surface area contributed by atoms with Crippen molar-refractivity contribution in [3.8, 4) is 0 Å². The van der Waals surface area contributed by atoms with Crippen LogP contribution < -0.4 is 268 Å². The average Bonchev–Trinajstić information content (AvgIpc) is 1.07. The molecule has 119 heavy (non-hydrogen) atoms. The average molecular weight is 1940 g/mol. The molecular weight excluding hydrogens is 1860 g/mol. The van der Waals surface area contributed by atoms with Crippen LogP contribution in [0.25, 0.3) is 0 Å². The third kappa shape index (κ3) is 38.4. The van der Waals surface area contributed by atoms with E-state index in [0.29, 0.717) is 12.8 Å². The maximum Gasteiger partial charge on any atom is 1.00 e. The maximum atomic E-state index is 13.6. The Balaban J connectivity index is 0. The van der Waals surface area contributed by atoms with Crippen molar-refractivity contribution in [1.29, 1.82) is 0 Å². The van der Waals surface area contributed by atoms with Gasteiger partial charge in [-0.2, -0.15) is 11.8 Å². The molecule has 644 valence electrons. The normalized spacial score (nSPS) is 34.1. The van der Waals surface area contributed by atoms with Crippen LogP contribution in [0.5, 0.6) is 0 Å². The minimum absolute atomic E-state index is 0. The molecule has 0 radical (unpaired) electrons. The van der Waals surface area contributed by atoms with E-state index < -0.39 is 254 Å². The Morgan fingerprint density at radius 1 is 0.429 bits per heavy atom. The number of carbonyl (C=O) groups excluding carboxylic acids is 5. The Bertz CT molecular complexity index is 3880. The molecule has 7 aliphatic rings. The fourth-order valence-electron chi connectivity index (χ4n) is 13.0. The molecule has 0 saturated carbocycles. The Morgan fingerprint density at radius 2 is 0.807 bits per heavy atom. The Labute approximate surface area is 864 Å². The first-order valence-corrected chi connectivity index (χ1v) is 41.6. The summed E-state index contributed by atoms with van der Waals surface area (Å²) < 4.78 is 329. The number of carbonyl (C=O) groups is 5. The number of ether oxygens (including phenoxy) is 15. The summed E-state index contributed by atoms with van der Waals surface area (Å²) in [6, 6.07) is -2.23. The second kappa shape index (κ2) is 56.4. The molecule has 0 spiro atoms. The van der Waals surface area contributed by atoms with Crippen molar-refractivity contribution in [3.05, 3.63) is 0 Å². The van der Waals surface area contributed by atoms with Crippen LogP contribution >= 0.6 is 11.8 Å². The van der Waals surface area contributed by atoms with Gasteiger partial charge in [0.15, 0.2) is 43.7 Å². The number of urea groups is 1. The number of fused-ring (bicyclic) bond motifs is 1. The number of hydrogen-bond acceptors (Lipinski definition) is 49. The van der Waals surface area contributed by atoms with Crippen LogP contribution in [0.2, 0.25) is 0 Å². The Morgan fingerprint density at radius 3 is 1.24 bits per heavy atom. The number of carboxylic acids is 2. The summed E-state index contributed by atoms with van der Waals surface area (Å²) in [5.74, 6) is -5.28. The van der Waals surface area contributed by atoms with E-state index in [2.05, 4.69) is 46.4 Å². The van der Waals surface area contributed by atoms with Crippen molar-refractivity contribution in [3.63, 3.8) is 0 Å². The Kier molecular flexibility index (Phi) is 59.3. The summed E-state index contributed by atoms with van der Waals surface area (Å²) in [5.41, 5.74) is 0. The largest absolute Gasteiger partial charge is 1.00 e. The summed E-state index contributed by atoms with van der Waals surface area (Å²) in [4.78, 5) is 64.5. The van der Waals surface area contributed by atoms with Crippen molar-refractivity contribution in [2.45, 2.75) is 222 Å². The fraction of sp³-hybridized carbons (Fsp3) is 0.904. The molecule has 67 heteroatoms. The van der Waals surface area contributed by atoms with Crippen LogP contribution in [-0.2, 0) is 178 Å². The van der Waals surface area contributed by atoms with Crippen molar-refractivity contribution < 1.29 is 455 Å². The number of rotatable bonds is 43. The number of carboxylic acid groups (broad SMARTS) is 2. The van der Waals surface area contributed by atoms with Gasteiger partial charge in [-0.05, 0) is 25.7 Å². The molecule has 7 heterocycles. The van der Waals surface area contributed by atoms with Gasteiger partial charge in [-0.15, -0.1) is 0 Å². The third-order valence-corrected chi connectivity index (χ3v) is 21.9. The molecular formula is C52H78N4Na8O48S7. The molecule has 6 N–H and O–H groups in total. The molecule has 0 aliphatic carbocycles. The predicted molar refractivity (Wildman–Crippen MR) is 334 cm³/mol. The van der Waals surface area contributed by atoms with Crippen LogP contribution in [-0.4, -0.2) is 363 Å². The van der Waals surface area contributed by atoms with Crippen LogP contribution in [0.1, 0.15) is 51.4 Å². The predicted octanol–water partition coefficient (Wildman–Crippen LogP) is -36.0. The van der Waals surface area contributed by atoms with Gasteiger partial charge in [-0.1, -0.05) is 12.8 Å². The van der Waals surface area contributed by atoms with Gasteiger partial charge < -0.3 is 150 Å². The van der Waals surface area contributed by atoms with Crippen molar-refractivity contribution in [2.24, 2.45) is 0 Å². The molecule has 7 fully saturated rings. The van der Waals surface area contributed by atoms with Crippen molar-refractivity contribution in [1.82, 2.24) is 21.3 Å². The molecule has 3 unspecified atom stereocenters. The minimum atomic E-state index is -6.53. The molecule has 28 atom stereocenters. The number of nitrogens with one attached hydrogen (secondary N) is 4. The molecule has 0 aromatic rings. The van der Waals surface area contributed by atoms with Crippen LogP contribution in [0, 0.1) is 0 Å². The van der Waals surface area contributed by atoms with E-state index >= 15 is 0 Å². The first-order valence-electron chi connectivity index (χ1n) is 32.5.